The van der Waals surface area contributed by atoms with E-state index in [2.05, 4.69) is 6.58 Å². The average Bonchev–Trinajstić information content (AvgIpc) is 2.15. The Labute approximate surface area is 96.9 Å². The lowest BCUT2D eigenvalue weighted by atomic mass is 10.1. The maximum absolute atomic E-state index is 11.8. The highest BCUT2D eigenvalue weighted by Gasteiger charge is 2.19. The van der Waals surface area contributed by atoms with E-state index in [0.29, 0.717) is 13.0 Å². The Morgan fingerprint density at radius 3 is 2.31 bits per heavy atom. The van der Waals surface area contributed by atoms with Crippen LogP contribution in [0.4, 0.5) is 0 Å². The van der Waals surface area contributed by atoms with E-state index in [-0.39, 0.29) is 18.4 Å². The third-order valence-corrected chi connectivity index (χ3v) is 2.20. The van der Waals surface area contributed by atoms with Crippen LogP contribution in [0.2, 0.25) is 0 Å². The first-order chi connectivity index (χ1) is 7.38. The molecule has 1 amide bonds. The van der Waals surface area contributed by atoms with Crippen molar-refractivity contribution in [3.63, 3.8) is 0 Å². The summed E-state index contributed by atoms with van der Waals surface area (Å²) in [4.78, 5) is 24.1. The summed E-state index contributed by atoms with van der Waals surface area (Å²) in [5.74, 6) is -1.16. The highest BCUT2D eigenvalue weighted by Crippen LogP contribution is 2.07. The quantitative estimate of drug-likeness (QED) is 0.674. The number of carboxylic acid groups (broad SMARTS) is 1. The van der Waals surface area contributed by atoms with Gasteiger partial charge in [0.05, 0.1) is 5.92 Å². The minimum absolute atomic E-state index is 0.0111. The van der Waals surface area contributed by atoms with E-state index in [4.69, 9.17) is 5.11 Å². The van der Waals surface area contributed by atoms with Crippen molar-refractivity contribution in [2.45, 2.75) is 27.2 Å². The molecular weight excluding hydrogens is 206 g/mol. The maximum atomic E-state index is 11.8. The van der Waals surface area contributed by atoms with Gasteiger partial charge in [-0.15, -0.1) is 6.58 Å². The molecule has 0 rings (SSSR count). The van der Waals surface area contributed by atoms with Gasteiger partial charge in [-0.05, 0) is 5.92 Å². The van der Waals surface area contributed by atoms with Crippen LogP contribution in [0.3, 0.4) is 0 Å². The van der Waals surface area contributed by atoms with Crippen LogP contribution < -0.4 is 0 Å². The summed E-state index contributed by atoms with van der Waals surface area (Å²) in [5, 5.41) is 8.80. The van der Waals surface area contributed by atoms with Gasteiger partial charge in [-0.25, -0.2) is 0 Å². The Balaban J connectivity index is 4.41. The van der Waals surface area contributed by atoms with Gasteiger partial charge >= 0.3 is 5.97 Å². The Kier molecular flexibility index (Phi) is 6.46. The van der Waals surface area contributed by atoms with Gasteiger partial charge in [0.15, 0.2) is 0 Å². The summed E-state index contributed by atoms with van der Waals surface area (Å²) in [7, 11) is 0. The predicted molar refractivity (Wildman–Crippen MR) is 63.0 cm³/mol. The molecule has 0 radical (unpaired) electrons. The summed E-state index contributed by atoms with van der Waals surface area (Å²) in [6, 6.07) is 0. The molecule has 4 heteroatoms. The van der Waals surface area contributed by atoms with E-state index in [9.17, 15) is 9.59 Å². The minimum Gasteiger partial charge on any atom is -0.481 e. The normalized spacial score (nSPS) is 12.2. The van der Waals surface area contributed by atoms with Crippen LogP contribution in [-0.4, -0.2) is 35.0 Å². The minimum atomic E-state index is -0.883. The fourth-order valence-corrected chi connectivity index (χ4v) is 1.32. The fraction of sp³-hybridized carbons (Fsp3) is 0.667. The second-order valence-corrected chi connectivity index (χ2v) is 4.42. The Morgan fingerprint density at radius 1 is 1.38 bits per heavy atom. The Morgan fingerprint density at radius 2 is 1.94 bits per heavy atom. The van der Waals surface area contributed by atoms with E-state index >= 15 is 0 Å². The van der Waals surface area contributed by atoms with Crippen LogP contribution in [0, 0.1) is 11.8 Å². The van der Waals surface area contributed by atoms with Crippen molar-refractivity contribution < 1.29 is 14.7 Å². The van der Waals surface area contributed by atoms with E-state index in [1.54, 1.807) is 17.9 Å². The maximum Gasteiger partial charge on any atom is 0.308 e. The molecular formula is C12H21NO3. The average molecular weight is 227 g/mol. The van der Waals surface area contributed by atoms with Gasteiger partial charge < -0.3 is 10.0 Å². The van der Waals surface area contributed by atoms with Gasteiger partial charge in [0.2, 0.25) is 5.91 Å². The lowest BCUT2D eigenvalue weighted by Gasteiger charge is -2.23. The standard InChI is InChI=1S/C12H21NO3/c1-5-6-13(8-10(4)12(15)16)11(14)7-9(2)3/h5,9-10H,1,6-8H2,2-4H3,(H,15,16). The zero-order valence-electron chi connectivity index (χ0n) is 10.3. The summed E-state index contributed by atoms with van der Waals surface area (Å²) in [6.07, 6.45) is 2.06. The summed E-state index contributed by atoms with van der Waals surface area (Å²) in [6.45, 7) is 9.75. The van der Waals surface area contributed by atoms with Crippen molar-refractivity contribution in [1.29, 1.82) is 0 Å². The molecule has 0 spiro atoms. The number of aliphatic carboxylic acids is 1. The molecule has 0 aromatic carbocycles. The first-order valence-corrected chi connectivity index (χ1v) is 5.50. The van der Waals surface area contributed by atoms with Crippen molar-refractivity contribution in [2.24, 2.45) is 11.8 Å². The van der Waals surface area contributed by atoms with E-state index in [1.807, 2.05) is 13.8 Å². The van der Waals surface area contributed by atoms with Gasteiger partial charge in [0.1, 0.15) is 0 Å². The van der Waals surface area contributed by atoms with Gasteiger partial charge in [0, 0.05) is 19.5 Å². The molecule has 0 saturated heterocycles. The Bertz CT molecular complexity index is 261. The van der Waals surface area contributed by atoms with Crippen molar-refractivity contribution >= 4 is 11.9 Å². The van der Waals surface area contributed by atoms with Gasteiger partial charge in [-0.1, -0.05) is 26.8 Å². The predicted octanol–water partition coefficient (Wildman–Crippen LogP) is 1.77. The third kappa shape index (κ3) is 5.53. The van der Waals surface area contributed by atoms with Crippen molar-refractivity contribution in [2.75, 3.05) is 13.1 Å². The largest absolute Gasteiger partial charge is 0.481 e. The van der Waals surface area contributed by atoms with Crippen LogP contribution in [0.5, 0.6) is 0 Å². The molecule has 0 fully saturated rings. The topological polar surface area (TPSA) is 57.6 Å². The number of carbonyl (C=O) groups is 2. The molecule has 4 nitrogen and oxygen atoms in total. The molecule has 1 unspecified atom stereocenters. The highest BCUT2D eigenvalue weighted by molar-refractivity contribution is 5.77. The van der Waals surface area contributed by atoms with Crippen molar-refractivity contribution in [3.05, 3.63) is 12.7 Å². The number of nitrogens with zero attached hydrogens (tertiary/aromatic N) is 1. The smallest absolute Gasteiger partial charge is 0.308 e. The number of amides is 1. The van der Waals surface area contributed by atoms with Gasteiger partial charge in [-0.2, -0.15) is 0 Å². The zero-order chi connectivity index (χ0) is 12.7. The van der Waals surface area contributed by atoms with Crippen LogP contribution in [0.25, 0.3) is 0 Å². The first kappa shape index (κ1) is 14.7. The lowest BCUT2D eigenvalue weighted by molar-refractivity contribution is -0.143. The molecule has 16 heavy (non-hydrogen) atoms. The first-order valence-electron chi connectivity index (χ1n) is 5.50. The molecule has 1 N–H and O–H groups in total. The molecule has 0 heterocycles. The number of hydrogen-bond acceptors (Lipinski definition) is 2. The summed E-state index contributed by atoms with van der Waals surface area (Å²) < 4.78 is 0. The molecule has 0 aromatic rings. The fourth-order valence-electron chi connectivity index (χ4n) is 1.32. The number of rotatable bonds is 7. The molecule has 1 atom stereocenters. The molecule has 0 aliphatic rings. The molecule has 0 aliphatic heterocycles. The SMILES string of the molecule is C=CCN(CC(C)C(=O)O)C(=O)CC(C)C. The monoisotopic (exact) mass is 227 g/mol. The molecule has 0 aliphatic carbocycles. The zero-order valence-corrected chi connectivity index (χ0v) is 10.3. The number of carbonyl (C=O) groups excluding carboxylic acids is 1. The van der Waals surface area contributed by atoms with E-state index < -0.39 is 11.9 Å². The van der Waals surface area contributed by atoms with E-state index in [1.165, 1.54) is 0 Å². The second kappa shape index (κ2) is 7.04. The summed E-state index contributed by atoms with van der Waals surface area (Å²) >= 11 is 0. The summed E-state index contributed by atoms with van der Waals surface area (Å²) in [5.41, 5.74) is 0. The molecule has 0 aromatic heterocycles. The van der Waals surface area contributed by atoms with E-state index in [0.717, 1.165) is 0 Å². The third-order valence-electron chi connectivity index (χ3n) is 2.20. The second-order valence-electron chi connectivity index (χ2n) is 4.42. The number of hydrogen-bond donors (Lipinski definition) is 1. The number of carboxylic acids is 1. The van der Waals surface area contributed by atoms with Crippen molar-refractivity contribution in [1.82, 2.24) is 4.90 Å². The highest BCUT2D eigenvalue weighted by atomic mass is 16.4. The Hall–Kier alpha value is -1.32. The van der Waals surface area contributed by atoms with Crippen LogP contribution >= 0.6 is 0 Å². The molecule has 92 valence electrons. The van der Waals surface area contributed by atoms with Crippen LogP contribution in [0.1, 0.15) is 27.2 Å². The van der Waals surface area contributed by atoms with Gasteiger partial charge in [0.25, 0.3) is 0 Å². The molecule has 0 saturated carbocycles. The van der Waals surface area contributed by atoms with Gasteiger partial charge in [-0.3, -0.25) is 9.59 Å². The van der Waals surface area contributed by atoms with Crippen molar-refractivity contribution in [3.8, 4) is 0 Å². The lowest BCUT2D eigenvalue weighted by Crippen LogP contribution is -2.37. The molecule has 0 bridgehead atoms. The van der Waals surface area contributed by atoms with Crippen LogP contribution in [0.15, 0.2) is 12.7 Å². The van der Waals surface area contributed by atoms with Crippen LogP contribution in [-0.2, 0) is 9.59 Å².